The lowest BCUT2D eigenvalue weighted by Crippen LogP contribution is -2.12. The minimum Gasteiger partial charge on any atom is -0.370 e. The lowest BCUT2D eigenvalue weighted by atomic mass is 10.3. The van der Waals surface area contributed by atoms with E-state index in [2.05, 4.69) is 15.3 Å². The molecule has 8 heteroatoms. The van der Waals surface area contributed by atoms with E-state index in [0.717, 1.165) is 10.9 Å². The minimum absolute atomic E-state index is 0.0730. The normalized spacial score (nSPS) is 11.6. The molecule has 0 saturated heterocycles. The van der Waals surface area contributed by atoms with Gasteiger partial charge in [0.2, 0.25) is 5.28 Å². The molecule has 2 heterocycles. The van der Waals surface area contributed by atoms with Crippen molar-refractivity contribution in [1.29, 1.82) is 0 Å². The van der Waals surface area contributed by atoms with E-state index in [4.69, 9.17) is 11.6 Å². The average molecular weight is 308 g/mol. The van der Waals surface area contributed by atoms with Crippen LogP contribution >= 0.6 is 22.9 Å². The van der Waals surface area contributed by atoms with Crippen molar-refractivity contribution in [3.8, 4) is 0 Å². The summed E-state index contributed by atoms with van der Waals surface area (Å²) in [5, 5.41) is 4.33. The molecule has 0 spiro atoms. The first kappa shape index (κ1) is 14.1. The molecule has 0 aliphatic heterocycles. The number of halogens is 4. The summed E-state index contributed by atoms with van der Waals surface area (Å²) in [5.74, 6) is 0.0730. The van der Waals surface area contributed by atoms with Gasteiger partial charge in [-0.1, -0.05) is 6.07 Å². The highest BCUT2D eigenvalue weighted by Crippen LogP contribution is 2.29. The Morgan fingerprint density at radius 2 is 2.11 bits per heavy atom. The van der Waals surface area contributed by atoms with Gasteiger partial charge in [-0.05, 0) is 29.5 Å². The van der Waals surface area contributed by atoms with Gasteiger partial charge in [0, 0.05) is 17.5 Å². The van der Waals surface area contributed by atoms with Crippen molar-refractivity contribution in [2.75, 3.05) is 11.9 Å². The van der Waals surface area contributed by atoms with E-state index in [9.17, 15) is 13.2 Å². The Morgan fingerprint density at radius 3 is 2.74 bits per heavy atom. The maximum atomic E-state index is 12.5. The molecule has 2 aromatic heterocycles. The van der Waals surface area contributed by atoms with Gasteiger partial charge in [-0.25, -0.2) is 9.97 Å². The monoisotopic (exact) mass is 307 g/mol. The summed E-state index contributed by atoms with van der Waals surface area (Å²) in [4.78, 5) is 8.01. The number of hydrogen-bond donors (Lipinski definition) is 1. The third-order valence-electron chi connectivity index (χ3n) is 2.25. The molecular formula is C11H9ClF3N3S. The van der Waals surface area contributed by atoms with Crippen LogP contribution in [0.2, 0.25) is 5.28 Å². The molecule has 3 nitrogen and oxygen atoms in total. The number of rotatable bonds is 4. The Kier molecular flexibility index (Phi) is 4.26. The van der Waals surface area contributed by atoms with E-state index >= 15 is 0 Å². The Bertz CT molecular complexity index is 543. The van der Waals surface area contributed by atoms with Gasteiger partial charge in [-0.2, -0.15) is 13.2 Å². The van der Waals surface area contributed by atoms with E-state index in [1.54, 1.807) is 11.3 Å². The molecule has 0 unspecified atom stereocenters. The molecule has 0 fully saturated rings. The number of anilines is 1. The van der Waals surface area contributed by atoms with Crippen LogP contribution in [-0.2, 0) is 12.6 Å². The lowest BCUT2D eigenvalue weighted by Gasteiger charge is -2.09. The number of nitrogens with one attached hydrogen (secondary N) is 1. The third kappa shape index (κ3) is 4.07. The average Bonchev–Trinajstić information content (AvgIpc) is 2.80. The highest BCUT2D eigenvalue weighted by atomic mass is 35.5. The molecule has 2 rings (SSSR count). The summed E-state index contributed by atoms with van der Waals surface area (Å²) in [6.07, 6.45) is -3.82. The number of thiophene rings is 1. The Balaban J connectivity index is 2.02. The van der Waals surface area contributed by atoms with Gasteiger partial charge in [0.1, 0.15) is 5.82 Å². The predicted molar refractivity (Wildman–Crippen MR) is 68.6 cm³/mol. The van der Waals surface area contributed by atoms with Gasteiger partial charge < -0.3 is 5.32 Å². The summed E-state index contributed by atoms with van der Waals surface area (Å²) in [6.45, 7) is 0.477. The van der Waals surface area contributed by atoms with Crippen LogP contribution in [0.25, 0.3) is 0 Å². The Hall–Kier alpha value is -1.34. The molecule has 1 N–H and O–H groups in total. The smallest absolute Gasteiger partial charge is 0.370 e. The second-order valence-corrected chi connectivity index (χ2v) is 5.03. The molecule has 0 radical (unpaired) electrons. The molecule has 0 amide bonds. The van der Waals surface area contributed by atoms with Crippen LogP contribution in [0, 0.1) is 0 Å². The van der Waals surface area contributed by atoms with Crippen molar-refractivity contribution in [1.82, 2.24) is 9.97 Å². The van der Waals surface area contributed by atoms with Crippen LogP contribution in [0.5, 0.6) is 0 Å². The van der Waals surface area contributed by atoms with E-state index < -0.39 is 17.2 Å². The third-order valence-corrected chi connectivity index (χ3v) is 3.35. The first-order valence-corrected chi connectivity index (χ1v) is 6.59. The van der Waals surface area contributed by atoms with E-state index in [1.807, 2.05) is 17.5 Å². The summed E-state index contributed by atoms with van der Waals surface area (Å²) in [5.41, 5.74) is -1.05. The fourth-order valence-corrected chi connectivity index (χ4v) is 2.31. The maximum Gasteiger partial charge on any atom is 0.433 e. The molecular weight excluding hydrogens is 299 g/mol. The SMILES string of the molecule is FC(F)(F)c1cc(NCCc2cccs2)nc(Cl)n1. The number of alkyl halides is 3. The molecule has 19 heavy (non-hydrogen) atoms. The zero-order chi connectivity index (χ0) is 13.9. The summed E-state index contributed by atoms with van der Waals surface area (Å²) >= 11 is 7.06. The molecule has 0 aliphatic rings. The van der Waals surface area contributed by atoms with Crippen molar-refractivity contribution < 1.29 is 13.2 Å². The molecule has 0 bridgehead atoms. The van der Waals surface area contributed by atoms with Crippen LogP contribution in [0.3, 0.4) is 0 Å². The molecule has 2 aromatic rings. The zero-order valence-corrected chi connectivity index (χ0v) is 11.1. The van der Waals surface area contributed by atoms with E-state index in [-0.39, 0.29) is 5.82 Å². The van der Waals surface area contributed by atoms with E-state index in [0.29, 0.717) is 13.0 Å². The summed E-state index contributed by atoms with van der Waals surface area (Å²) in [7, 11) is 0. The molecule has 0 aromatic carbocycles. The largest absolute Gasteiger partial charge is 0.433 e. The quantitative estimate of drug-likeness (QED) is 0.872. The molecule has 0 saturated carbocycles. The van der Waals surface area contributed by atoms with E-state index in [1.165, 1.54) is 0 Å². The van der Waals surface area contributed by atoms with Gasteiger partial charge in [0.15, 0.2) is 5.69 Å². The zero-order valence-electron chi connectivity index (χ0n) is 9.54. The fourth-order valence-electron chi connectivity index (χ4n) is 1.42. The van der Waals surface area contributed by atoms with Crippen LogP contribution in [-0.4, -0.2) is 16.5 Å². The minimum atomic E-state index is -4.53. The summed E-state index contributed by atoms with van der Waals surface area (Å²) in [6, 6.07) is 4.73. The van der Waals surface area contributed by atoms with Crippen molar-refractivity contribution in [2.45, 2.75) is 12.6 Å². The predicted octanol–water partition coefficient (Wildman–Crippen LogP) is 3.86. The first-order chi connectivity index (χ1) is 8.95. The maximum absolute atomic E-state index is 12.5. The Labute approximate surface area is 116 Å². The van der Waals surface area contributed by atoms with Gasteiger partial charge in [-0.3, -0.25) is 0 Å². The van der Waals surface area contributed by atoms with Crippen LogP contribution < -0.4 is 5.32 Å². The molecule has 102 valence electrons. The molecule has 0 aliphatic carbocycles. The van der Waals surface area contributed by atoms with Crippen molar-refractivity contribution in [3.63, 3.8) is 0 Å². The Morgan fingerprint density at radius 1 is 1.32 bits per heavy atom. The van der Waals surface area contributed by atoms with Gasteiger partial charge in [0.25, 0.3) is 0 Å². The van der Waals surface area contributed by atoms with Gasteiger partial charge in [-0.15, -0.1) is 11.3 Å². The van der Waals surface area contributed by atoms with Crippen LogP contribution in [0.1, 0.15) is 10.6 Å². The fraction of sp³-hybridized carbons (Fsp3) is 0.273. The van der Waals surface area contributed by atoms with Crippen molar-refractivity contribution >= 4 is 28.8 Å². The second-order valence-electron chi connectivity index (χ2n) is 3.66. The standard InChI is InChI=1S/C11H9ClF3N3S/c12-10-17-8(11(13,14)15)6-9(18-10)16-4-3-7-2-1-5-19-7/h1-2,5-6H,3-4H2,(H,16,17,18). The topological polar surface area (TPSA) is 37.8 Å². The van der Waals surface area contributed by atoms with Crippen molar-refractivity contribution in [2.24, 2.45) is 0 Å². The highest BCUT2D eigenvalue weighted by Gasteiger charge is 2.33. The number of hydrogen-bond acceptors (Lipinski definition) is 4. The second kappa shape index (κ2) is 5.75. The first-order valence-electron chi connectivity index (χ1n) is 5.33. The number of aromatic nitrogens is 2. The van der Waals surface area contributed by atoms with Gasteiger partial charge in [0.05, 0.1) is 0 Å². The number of nitrogens with zero attached hydrogens (tertiary/aromatic N) is 2. The van der Waals surface area contributed by atoms with Crippen LogP contribution in [0.15, 0.2) is 23.6 Å². The lowest BCUT2D eigenvalue weighted by molar-refractivity contribution is -0.141. The van der Waals surface area contributed by atoms with Crippen LogP contribution in [0.4, 0.5) is 19.0 Å². The summed E-state index contributed by atoms with van der Waals surface area (Å²) < 4.78 is 37.6. The highest BCUT2D eigenvalue weighted by molar-refractivity contribution is 7.09. The van der Waals surface area contributed by atoms with Gasteiger partial charge >= 0.3 is 6.18 Å². The molecule has 0 atom stereocenters. The van der Waals surface area contributed by atoms with Crippen molar-refractivity contribution in [3.05, 3.63) is 39.4 Å².